The molecule has 0 saturated carbocycles. The van der Waals surface area contributed by atoms with E-state index in [0.29, 0.717) is 5.56 Å². The average Bonchev–Trinajstić information content (AvgIpc) is 2.18. The van der Waals surface area contributed by atoms with Gasteiger partial charge in [0, 0.05) is 0 Å². The van der Waals surface area contributed by atoms with Crippen LogP contribution in [0.25, 0.3) is 0 Å². The summed E-state index contributed by atoms with van der Waals surface area (Å²) in [6.45, 7) is 5.54. The van der Waals surface area contributed by atoms with Gasteiger partial charge in [-0.15, -0.1) is 0 Å². The van der Waals surface area contributed by atoms with E-state index in [2.05, 4.69) is 6.92 Å². The Balaban J connectivity index is 3.10. The summed E-state index contributed by atoms with van der Waals surface area (Å²) in [5, 5.41) is 9.89. The minimum Gasteiger partial charge on any atom is -0.507 e. The van der Waals surface area contributed by atoms with Crippen LogP contribution in [0.2, 0.25) is 0 Å². The van der Waals surface area contributed by atoms with E-state index in [1.165, 1.54) is 6.92 Å². The number of benzene rings is 1. The fourth-order valence-corrected chi connectivity index (χ4v) is 1.68. The van der Waals surface area contributed by atoms with Crippen molar-refractivity contribution in [1.29, 1.82) is 0 Å². The topological polar surface area (TPSA) is 37.3 Å². The molecule has 0 fully saturated rings. The van der Waals surface area contributed by atoms with Crippen LogP contribution in [0, 0.1) is 6.92 Å². The van der Waals surface area contributed by atoms with Gasteiger partial charge in [-0.3, -0.25) is 4.79 Å². The first-order valence-corrected chi connectivity index (χ1v) is 5.39. The molecule has 0 unspecified atom stereocenters. The molecule has 1 N–H and O–H groups in total. The maximum Gasteiger partial charge on any atom is 0.163 e. The first kappa shape index (κ1) is 11.8. The fraction of sp³-hybridized carbons (Fsp3) is 0.462. The molecule has 0 aliphatic rings. The van der Waals surface area contributed by atoms with Gasteiger partial charge in [-0.1, -0.05) is 19.4 Å². The summed E-state index contributed by atoms with van der Waals surface area (Å²) < 4.78 is 0. The molecule has 0 saturated heterocycles. The van der Waals surface area contributed by atoms with Gasteiger partial charge in [-0.25, -0.2) is 0 Å². The highest BCUT2D eigenvalue weighted by atomic mass is 16.3. The highest BCUT2D eigenvalue weighted by Crippen LogP contribution is 2.26. The first-order chi connectivity index (χ1) is 7.06. The van der Waals surface area contributed by atoms with Crippen LogP contribution >= 0.6 is 0 Å². The van der Waals surface area contributed by atoms with Gasteiger partial charge in [-0.2, -0.15) is 0 Å². The molecule has 2 nitrogen and oxygen atoms in total. The van der Waals surface area contributed by atoms with Crippen molar-refractivity contribution in [2.75, 3.05) is 0 Å². The van der Waals surface area contributed by atoms with Gasteiger partial charge in [-0.05, 0) is 43.9 Å². The summed E-state index contributed by atoms with van der Waals surface area (Å²) in [7, 11) is 0. The summed E-state index contributed by atoms with van der Waals surface area (Å²) in [4.78, 5) is 11.3. The molecular weight excluding hydrogens is 188 g/mol. The van der Waals surface area contributed by atoms with Crippen LogP contribution in [0.3, 0.4) is 0 Å². The van der Waals surface area contributed by atoms with Crippen LogP contribution in [0.5, 0.6) is 5.75 Å². The lowest BCUT2D eigenvalue weighted by Crippen LogP contribution is -1.98. The van der Waals surface area contributed by atoms with Gasteiger partial charge in [0.1, 0.15) is 5.75 Å². The van der Waals surface area contributed by atoms with Crippen molar-refractivity contribution in [3.63, 3.8) is 0 Å². The molecule has 0 bridgehead atoms. The lowest BCUT2D eigenvalue weighted by molar-refractivity contribution is 0.101. The number of hydrogen-bond acceptors (Lipinski definition) is 2. The lowest BCUT2D eigenvalue weighted by Gasteiger charge is -2.09. The number of aryl methyl sites for hydroxylation is 2. The van der Waals surface area contributed by atoms with Crippen molar-refractivity contribution >= 4 is 5.78 Å². The highest BCUT2D eigenvalue weighted by molar-refractivity contribution is 5.97. The monoisotopic (exact) mass is 206 g/mol. The Bertz CT molecular complexity index is 367. The van der Waals surface area contributed by atoms with Crippen LogP contribution in [0.1, 0.15) is 48.2 Å². The van der Waals surface area contributed by atoms with Crippen LogP contribution in [-0.4, -0.2) is 10.9 Å². The molecule has 0 radical (unpaired) electrons. The van der Waals surface area contributed by atoms with Crippen LogP contribution in [-0.2, 0) is 6.42 Å². The molecule has 1 rings (SSSR count). The summed E-state index contributed by atoms with van der Waals surface area (Å²) in [5.74, 6) is 0.0931. The molecule has 1 aromatic carbocycles. The van der Waals surface area contributed by atoms with Gasteiger partial charge < -0.3 is 5.11 Å². The third-order valence-corrected chi connectivity index (χ3v) is 2.51. The number of Topliss-reactive ketones (excluding diaryl/α,β-unsaturated/α-hetero) is 1. The second-order valence-corrected chi connectivity index (χ2v) is 3.98. The lowest BCUT2D eigenvalue weighted by atomic mass is 9.99. The SMILES string of the molecule is CCCCc1cc(C)cc(C(C)=O)c1O. The third kappa shape index (κ3) is 2.82. The van der Waals surface area contributed by atoms with Gasteiger partial charge in [0.2, 0.25) is 0 Å². The zero-order valence-corrected chi connectivity index (χ0v) is 9.63. The predicted molar refractivity (Wildman–Crippen MR) is 61.5 cm³/mol. The number of carbonyl (C=O) groups is 1. The largest absolute Gasteiger partial charge is 0.507 e. The van der Waals surface area contributed by atoms with Crippen molar-refractivity contribution in [3.05, 3.63) is 28.8 Å². The molecule has 0 heterocycles. The van der Waals surface area contributed by atoms with Crippen LogP contribution < -0.4 is 0 Å². The van der Waals surface area contributed by atoms with Crippen molar-refractivity contribution in [2.24, 2.45) is 0 Å². The van der Waals surface area contributed by atoms with Gasteiger partial charge in [0.25, 0.3) is 0 Å². The Hall–Kier alpha value is -1.31. The summed E-state index contributed by atoms with van der Waals surface area (Å²) >= 11 is 0. The van der Waals surface area contributed by atoms with E-state index in [4.69, 9.17) is 0 Å². The summed E-state index contributed by atoms with van der Waals surface area (Å²) in [6, 6.07) is 3.70. The highest BCUT2D eigenvalue weighted by Gasteiger charge is 2.11. The third-order valence-electron chi connectivity index (χ3n) is 2.51. The number of unbranched alkanes of at least 4 members (excludes halogenated alkanes) is 1. The van der Waals surface area contributed by atoms with E-state index in [9.17, 15) is 9.90 Å². The molecule has 82 valence electrons. The number of phenols is 1. The van der Waals surface area contributed by atoms with E-state index in [-0.39, 0.29) is 11.5 Å². The van der Waals surface area contributed by atoms with Gasteiger partial charge >= 0.3 is 0 Å². The molecule has 1 aromatic rings. The molecule has 0 amide bonds. The van der Waals surface area contributed by atoms with Gasteiger partial charge in [0.15, 0.2) is 5.78 Å². The molecule has 0 atom stereocenters. The van der Waals surface area contributed by atoms with E-state index in [0.717, 1.165) is 30.4 Å². The maximum atomic E-state index is 11.3. The fourth-order valence-electron chi connectivity index (χ4n) is 1.68. The number of carbonyl (C=O) groups excluding carboxylic acids is 1. The van der Waals surface area contributed by atoms with Crippen molar-refractivity contribution in [1.82, 2.24) is 0 Å². The Morgan fingerprint density at radius 3 is 2.60 bits per heavy atom. The van der Waals surface area contributed by atoms with E-state index < -0.39 is 0 Å². The van der Waals surface area contributed by atoms with E-state index in [1.54, 1.807) is 6.07 Å². The maximum absolute atomic E-state index is 11.3. The van der Waals surface area contributed by atoms with Crippen LogP contribution in [0.15, 0.2) is 12.1 Å². The zero-order chi connectivity index (χ0) is 11.4. The Labute approximate surface area is 90.9 Å². The number of hydrogen-bond donors (Lipinski definition) is 1. The number of rotatable bonds is 4. The summed E-state index contributed by atoms with van der Waals surface area (Å²) in [6.07, 6.45) is 2.96. The summed E-state index contributed by atoms with van der Waals surface area (Å²) in [5.41, 5.74) is 2.37. The predicted octanol–water partition coefficient (Wildman–Crippen LogP) is 3.25. The molecule has 2 heteroatoms. The molecule has 0 aliphatic carbocycles. The van der Waals surface area contributed by atoms with Crippen molar-refractivity contribution in [2.45, 2.75) is 40.0 Å². The number of phenolic OH excluding ortho intramolecular Hbond substituents is 1. The Morgan fingerprint density at radius 2 is 2.07 bits per heavy atom. The molecule has 0 spiro atoms. The average molecular weight is 206 g/mol. The number of aromatic hydroxyl groups is 1. The van der Waals surface area contributed by atoms with E-state index in [1.807, 2.05) is 13.0 Å². The Kier molecular flexibility index (Phi) is 3.89. The van der Waals surface area contributed by atoms with Crippen molar-refractivity contribution in [3.8, 4) is 5.75 Å². The molecular formula is C13H18O2. The van der Waals surface area contributed by atoms with Gasteiger partial charge in [0.05, 0.1) is 5.56 Å². The van der Waals surface area contributed by atoms with Crippen LogP contribution in [0.4, 0.5) is 0 Å². The molecule has 0 aliphatic heterocycles. The number of ketones is 1. The first-order valence-electron chi connectivity index (χ1n) is 5.39. The minimum absolute atomic E-state index is 0.0750. The van der Waals surface area contributed by atoms with E-state index >= 15 is 0 Å². The quantitative estimate of drug-likeness (QED) is 0.768. The van der Waals surface area contributed by atoms with Crippen molar-refractivity contribution < 1.29 is 9.90 Å². The Morgan fingerprint density at radius 1 is 1.40 bits per heavy atom. The molecule has 0 aromatic heterocycles. The second-order valence-electron chi connectivity index (χ2n) is 3.98. The standard InChI is InChI=1S/C13H18O2/c1-4-5-6-11-7-9(2)8-12(10(3)14)13(11)15/h7-8,15H,4-6H2,1-3H3. The molecule has 15 heavy (non-hydrogen) atoms. The minimum atomic E-state index is -0.0750. The zero-order valence-electron chi connectivity index (χ0n) is 9.63. The normalized spacial score (nSPS) is 10.3. The smallest absolute Gasteiger partial charge is 0.163 e. The second kappa shape index (κ2) is 4.96.